The Labute approximate surface area is 147 Å². The van der Waals surface area contributed by atoms with E-state index >= 15 is 0 Å². The fraction of sp³-hybridized carbons (Fsp3) is 0.286. The van der Waals surface area contributed by atoms with E-state index in [0.29, 0.717) is 5.92 Å². The Hall–Kier alpha value is -2.75. The molecule has 126 valence electrons. The van der Waals surface area contributed by atoms with Crippen molar-refractivity contribution in [3.05, 3.63) is 72.2 Å². The lowest BCUT2D eigenvalue weighted by Crippen LogP contribution is -2.40. The summed E-state index contributed by atoms with van der Waals surface area (Å²) in [5.41, 5.74) is 3.09. The van der Waals surface area contributed by atoms with Gasteiger partial charge in [-0.2, -0.15) is 0 Å². The minimum absolute atomic E-state index is 0.114. The van der Waals surface area contributed by atoms with Crippen molar-refractivity contribution in [1.29, 1.82) is 0 Å². The van der Waals surface area contributed by atoms with Gasteiger partial charge in [0, 0.05) is 42.6 Å². The number of carbonyl (C=O) groups is 1. The van der Waals surface area contributed by atoms with Crippen molar-refractivity contribution in [1.82, 2.24) is 14.9 Å². The Morgan fingerprint density at radius 3 is 2.80 bits per heavy atom. The third-order valence-corrected chi connectivity index (χ3v) is 4.96. The van der Waals surface area contributed by atoms with Gasteiger partial charge >= 0.3 is 0 Å². The molecule has 0 N–H and O–H groups in total. The molecule has 4 rings (SSSR count). The van der Waals surface area contributed by atoms with E-state index in [-0.39, 0.29) is 5.91 Å². The summed E-state index contributed by atoms with van der Waals surface area (Å²) < 4.78 is 0. The summed E-state index contributed by atoms with van der Waals surface area (Å²) >= 11 is 0. The first-order valence-electron chi connectivity index (χ1n) is 8.83. The maximum absolute atomic E-state index is 12.7. The molecular weight excluding hydrogens is 310 g/mol. The van der Waals surface area contributed by atoms with Crippen LogP contribution >= 0.6 is 0 Å². The molecule has 1 aromatic carbocycles. The van der Waals surface area contributed by atoms with Crippen LogP contribution in [-0.4, -0.2) is 33.9 Å². The maximum atomic E-state index is 12.7. The zero-order valence-electron chi connectivity index (χ0n) is 14.1. The van der Waals surface area contributed by atoms with Crippen LogP contribution in [0.4, 0.5) is 0 Å². The minimum atomic E-state index is 0.114. The summed E-state index contributed by atoms with van der Waals surface area (Å²) in [6.45, 7) is 1.65. The van der Waals surface area contributed by atoms with Crippen LogP contribution in [0, 0.1) is 5.92 Å². The van der Waals surface area contributed by atoms with Crippen molar-refractivity contribution in [2.45, 2.75) is 19.3 Å². The van der Waals surface area contributed by atoms with Crippen LogP contribution in [-0.2, 0) is 6.42 Å². The topological polar surface area (TPSA) is 46.1 Å². The lowest BCUT2D eigenvalue weighted by atomic mass is 9.90. The number of carbonyl (C=O) groups excluding carboxylic acids is 1. The van der Waals surface area contributed by atoms with Crippen LogP contribution in [0.3, 0.4) is 0 Å². The van der Waals surface area contributed by atoms with Gasteiger partial charge in [0.25, 0.3) is 5.91 Å². The summed E-state index contributed by atoms with van der Waals surface area (Å²) in [7, 11) is 0. The second-order valence-electron chi connectivity index (χ2n) is 6.69. The molecule has 0 unspecified atom stereocenters. The number of para-hydroxylation sites is 1. The van der Waals surface area contributed by atoms with Gasteiger partial charge in [0.2, 0.25) is 0 Å². The van der Waals surface area contributed by atoms with Crippen LogP contribution < -0.4 is 0 Å². The van der Waals surface area contributed by atoms with E-state index < -0.39 is 0 Å². The zero-order valence-corrected chi connectivity index (χ0v) is 14.1. The van der Waals surface area contributed by atoms with Gasteiger partial charge < -0.3 is 4.90 Å². The van der Waals surface area contributed by atoms with E-state index in [9.17, 15) is 4.79 Å². The van der Waals surface area contributed by atoms with Gasteiger partial charge in [-0.3, -0.25) is 14.8 Å². The molecule has 1 fully saturated rings. The van der Waals surface area contributed by atoms with Crippen LogP contribution in [0.15, 0.2) is 61.1 Å². The predicted molar refractivity (Wildman–Crippen MR) is 98.3 cm³/mol. The fourth-order valence-corrected chi connectivity index (χ4v) is 3.74. The molecule has 1 aliphatic rings. The summed E-state index contributed by atoms with van der Waals surface area (Å²) in [5, 5.41) is 1.18. The minimum Gasteiger partial charge on any atom is -0.338 e. The maximum Gasteiger partial charge on any atom is 0.253 e. The first-order valence-corrected chi connectivity index (χ1v) is 8.83. The molecule has 0 bridgehead atoms. The molecule has 4 nitrogen and oxygen atoms in total. The number of hydrogen-bond donors (Lipinski definition) is 0. The third-order valence-electron chi connectivity index (χ3n) is 4.96. The highest BCUT2D eigenvalue weighted by Crippen LogP contribution is 2.25. The molecule has 1 amide bonds. The third kappa shape index (κ3) is 3.38. The molecule has 0 saturated carbocycles. The highest BCUT2D eigenvalue weighted by atomic mass is 16.2. The quantitative estimate of drug-likeness (QED) is 0.735. The number of aromatic nitrogens is 2. The Balaban J connectivity index is 1.51. The number of fused-ring (bicyclic) bond motifs is 1. The number of hydrogen-bond acceptors (Lipinski definition) is 3. The van der Waals surface area contributed by atoms with Crippen molar-refractivity contribution < 1.29 is 4.79 Å². The van der Waals surface area contributed by atoms with Crippen LogP contribution in [0.5, 0.6) is 0 Å². The SMILES string of the molecule is O=C(c1ccncc1)N1CCC[C@@H](Cc2cccc3cccnc23)C1. The van der Waals surface area contributed by atoms with Gasteiger partial charge in [-0.1, -0.05) is 24.3 Å². The standard InChI is InChI=1S/C21H21N3O/c25-21(18-8-11-22-12-9-18)24-13-3-4-16(15-24)14-19-6-1-5-17-7-2-10-23-20(17)19/h1-2,5-12,16H,3-4,13-15H2/t16-/m0/s1. The monoisotopic (exact) mass is 331 g/mol. The predicted octanol–water partition coefficient (Wildman–Crippen LogP) is 3.72. The van der Waals surface area contributed by atoms with Gasteiger partial charge in [-0.25, -0.2) is 0 Å². The summed E-state index contributed by atoms with van der Waals surface area (Å²) in [6, 6.07) is 14.0. The molecule has 1 saturated heterocycles. The molecule has 1 aliphatic heterocycles. The fourth-order valence-electron chi connectivity index (χ4n) is 3.74. The zero-order chi connectivity index (χ0) is 17.1. The van der Waals surface area contributed by atoms with Gasteiger partial charge in [-0.05, 0) is 48.9 Å². The molecule has 4 heteroatoms. The largest absolute Gasteiger partial charge is 0.338 e. The molecule has 2 aromatic heterocycles. The van der Waals surface area contributed by atoms with Crippen molar-refractivity contribution in [3.8, 4) is 0 Å². The van der Waals surface area contributed by atoms with Crippen LogP contribution in [0.2, 0.25) is 0 Å². The molecule has 0 radical (unpaired) electrons. The average Bonchev–Trinajstić information content (AvgIpc) is 2.69. The molecule has 25 heavy (non-hydrogen) atoms. The average molecular weight is 331 g/mol. The van der Waals surface area contributed by atoms with Gasteiger partial charge in [0.15, 0.2) is 0 Å². The highest BCUT2D eigenvalue weighted by molar-refractivity contribution is 5.94. The second kappa shape index (κ2) is 7.01. The number of benzene rings is 1. The molecule has 0 aliphatic carbocycles. The summed E-state index contributed by atoms with van der Waals surface area (Å²) in [6.07, 6.45) is 8.39. The van der Waals surface area contributed by atoms with Crippen molar-refractivity contribution in [2.75, 3.05) is 13.1 Å². The van der Waals surface area contributed by atoms with E-state index in [1.807, 2.05) is 17.2 Å². The van der Waals surface area contributed by atoms with Crippen molar-refractivity contribution >= 4 is 16.8 Å². The smallest absolute Gasteiger partial charge is 0.253 e. The molecule has 1 atom stereocenters. The van der Waals surface area contributed by atoms with E-state index in [1.54, 1.807) is 24.5 Å². The Kier molecular flexibility index (Phi) is 4.42. The molecule has 0 spiro atoms. The number of piperidine rings is 1. The van der Waals surface area contributed by atoms with Crippen LogP contribution in [0.25, 0.3) is 10.9 Å². The van der Waals surface area contributed by atoms with Crippen molar-refractivity contribution in [2.24, 2.45) is 5.92 Å². The molecule has 3 aromatic rings. The summed E-state index contributed by atoms with van der Waals surface area (Å²) in [5.74, 6) is 0.593. The number of likely N-dealkylation sites (tertiary alicyclic amines) is 1. The lowest BCUT2D eigenvalue weighted by molar-refractivity contribution is 0.0673. The lowest BCUT2D eigenvalue weighted by Gasteiger charge is -2.33. The van der Waals surface area contributed by atoms with E-state index in [2.05, 4.69) is 34.2 Å². The normalized spacial score (nSPS) is 17.6. The number of rotatable bonds is 3. The molecular formula is C21H21N3O. The van der Waals surface area contributed by atoms with Gasteiger partial charge in [-0.15, -0.1) is 0 Å². The summed E-state index contributed by atoms with van der Waals surface area (Å²) in [4.78, 5) is 23.2. The Morgan fingerprint density at radius 2 is 1.92 bits per heavy atom. The van der Waals surface area contributed by atoms with Crippen molar-refractivity contribution in [3.63, 3.8) is 0 Å². The number of nitrogens with zero attached hydrogens (tertiary/aromatic N) is 3. The van der Waals surface area contributed by atoms with E-state index in [4.69, 9.17) is 0 Å². The molecule has 3 heterocycles. The van der Waals surface area contributed by atoms with E-state index in [0.717, 1.165) is 43.4 Å². The number of pyridine rings is 2. The number of amides is 1. The Bertz CT molecular complexity index is 873. The Morgan fingerprint density at radius 1 is 1.08 bits per heavy atom. The van der Waals surface area contributed by atoms with Gasteiger partial charge in [0.1, 0.15) is 0 Å². The first kappa shape index (κ1) is 15.8. The highest BCUT2D eigenvalue weighted by Gasteiger charge is 2.25. The van der Waals surface area contributed by atoms with E-state index in [1.165, 1.54) is 10.9 Å². The van der Waals surface area contributed by atoms with Gasteiger partial charge in [0.05, 0.1) is 5.52 Å². The first-order chi connectivity index (χ1) is 12.3. The van der Waals surface area contributed by atoms with Crippen LogP contribution in [0.1, 0.15) is 28.8 Å². The second-order valence-corrected chi connectivity index (χ2v) is 6.69.